The maximum Gasteiger partial charge on any atom is 0.255 e. The Morgan fingerprint density at radius 2 is 1.88 bits per heavy atom. The van der Waals surface area contributed by atoms with Crippen molar-refractivity contribution in [1.29, 1.82) is 0 Å². The molecule has 1 amide bonds. The number of Topliss-reactive ketones (excluding diaryl/α,β-unsaturated/α-hetero) is 2. The second-order valence-corrected chi connectivity index (χ2v) is 8.96. The molecule has 0 spiro atoms. The van der Waals surface area contributed by atoms with Crippen LogP contribution in [-0.2, 0) is 27.2 Å². The summed E-state index contributed by atoms with van der Waals surface area (Å²) in [5.74, 6) is -6.04. The zero-order valence-corrected chi connectivity index (χ0v) is 17.9. The van der Waals surface area contributed by atoms with E-state index >= 15 is 0 Å². The fraction of sp³-hybridized carbons (Fsp3) is 0.458. The molecule has 0 aromatic heterocycles. The second-order valence-electron chi connectivity index (χ2n) is 8.96. The Morgan fingerprint density at radius 3 is 2.53 bits per heavy atom. The molecule has 3 aliphatic carbocycles. The van der Waals surface area contributed by atoms with E-state index in [1.807, 2.05) is 6.07 Å². The maximum atomic E-state index is 13.4. The number of amides is 1. The summed E-state index contributed by atoms with van der Waals surface area (Å²) >= 11 is 0. The molecule has 0 heterocycles. The highest BCUT2D eigenvalue weighted by Crippen LogP contribution is 2.52. The van der Waals surface area contributed by atoms with Gasteiger partial charge in [-0.2, -0.15) is 0 Å². The van der Waals surface area contributed by atoms with Gasteiger partial charge in [-0.05, 0) is 48.8 Å². The molecule has 1 aromatic carbocycles. The topological polar surface area (TPSA) is 158 Å². The van der Waals surface area contributed by atoms with E-state index in [0.717, 1.165) is 36.8 Å². The van der Waals surface area contributed by atoms with Crippen molar-refractivity contribution in [3.63, 3.8) is 0 Å². The van der Waals surface area contributed by atoms with Gasteiger partial charge in [-0.25, -0.2) is 0 Å². The molecule has 1 fully saturated rings. The summed E-state index contributed by atoms with van der Waals surface area (Å²) in [6.07, 6.45) is 3.97. The van der Waals surface area contributed by atoms with E-state index in [4.69, 9.17) is 5.73 Å². The molecular weight excluding hydrogens is 414 g/mol. The first-order valence-corrected chi connectivity index (χ1v) is 10.9. The predicted octanol–water partition coefficient (Wildman–Crippen LogP) is 2.16. The average molecular weight is 441 g/mol. The van der Waals surface area contributed by atoms with Crippen molar-refractivity contribution in [2.24, 2.45) is 17.6 Å². The number of aliphatic hydroxyl groups is 3. The van der Waals surface area contributed by atoms with Gasteiger partial charge >= 0.3 is 0 Å². The zero-order chi connectivity index (χ0) is 23.4. The summed E-state index contributed by atoms with van der Waals surface area (Å²) in [6.45, 7) is 2.10. The van der Waals surface area contributed by atoms with E-state index in [9.17, 15) is 34.8 Å². The summed E-state index contributed by atoms with van der Waals surface area (Å²) < 4.78 is 0. The Hall–Kier alpha value is -3.13. The van der Waals surface area contributed by atoms with Crippen molar-refractivity contribution < 1.29 is 34.8 Å². The monoisotopic (exact) mass is 441 g/mol. The van der Waals surface area contributed by atoms with Gasteiger partial charge < -0.3 is 26.2 Å². The van der Waals surface area contributed by atoms with Gasteiger partial charge in [0.25, 0.3) is 5.91 Å². The molecule has 0 saturated heterocycles. The Kier molecular flexibility index (Phi) is 5.36. The lowest BCUT2D eigenvalue weighted by Gasteiger charge is -2.46. The number of phenols is 1. The first-order chi connectivity index (χ1) is 15.1. The SMILES string of the molecule is CCCCCc1ccc(O)c2c1C[C@H]1C[C@H]3CC(=O)C(C(N)=O)=C(O)[C@@]3(O)C(=O)C1=C2O. The van der Waals surface area contributed by atoms with E-state index in [1.165, 1.54) is 6.07 Å². The van der Waals surface area contributed by atoms with Crippen LogP contribution in [0.1, 0.15) is 55.7 Å². The van der Waals surface area contributed by atoms with E-state index < -0.39 is 52.0 Å². The van der Waals surface area contributed by atoms with Crippen LogP contribution in [-0.4, -0.2) is 43.5 Å². The smallest absolute Gasteiger partial charge is 0.255 e. The van der Waals surface area contributed by atoms with E-state index in [1.54, 1.807) is 0 Å². The number of aryl methyl sites for hydroxylation is 1. The van der Waals surface area contributed by atoms with E-state index in [-0.39, 0.29) is 29.7 Å². The quantitative estimate of drug-likeness (QED) is 0.346. The average Bonchev–Trinajstić information content (AvgIpc) is 2.72. The number of phenolic OH excluding ortho intramolecular Hbond substituents is 1. The third-order valence-electron chi connectivity index (χ3n) is 7.09. The fourth-order valence-electron chi connectivity index (χ4n) is 5.49. The molecule has 1 saturated carbocycles. The van der Waals surface area contributed by atoms with Gasteiger partial charge in [-0.1, -0.05) is 25.8 Å². The minimum Gasteiger partial charge on any atom is -0.508 e. The van der Waals surface area contributed by atoms with Gasteiger partial charge in [0.05, 0.1) is 5.56 Å². The number of rotatable bonds is 5. The van der Waals surface area contributed by atoms with Crippen molar-refractivity contribution in [2.75, 3.05) is 0 Å². The van der Waals surface area contributed by atoms with Gasteiger partial charge in [0.1, 0.15) is 22.8 Å². The number of fused-ring (bicyclic) bond motifs is 3. The third kappa shape index (κ3) is 3.04. The number of aromatic hydroxyl groups is 1. The number of hydrogen-bond acceptors (Lipinski definition) is 7. The summed E-state index contributed by atoms with van der Waals surface area (Å²) in [7, 11) is 0. The summed E-state index contributed by atoms with van der Waals surface area (Å²) in [4.78, 5) is 37.5. The first kappa shape index (κ1) is 22.1. The molecule has 170 valence electrons. The number of nitrogens with two attached hydrogens (primary N) is 1. The number of hydrogen-bond donors (Lipinski definition) is 5. The number of carbonyl (C=O) groups is 3. The van der Waals surface area contributed by atoms with Crippen LogP contribution < -0.4 is 5.73 Å². The predicted molar refractivity (Wildman–Crippen MR) is 115 cm³/mol. The van der Waals surface area contributed by atoms with Crippen LogP contribution in [0.2, 0.25) is 0 Å². The molecule has 0 unspecified atom stereocenters. The minimum atomic E-state index is -2.52. The molecule has 0 bridgehead atoms. The van der Waals surface area contributed by atoms with Gasteiger partial charge in [0.15, 0.2) is 11.4 Å². The van der Waals surface area contributed by atoms with Gasteiger partial charge in [0, 0.05) is 17.9 Å². The van der Waals surface area contributed by atoms with Crippen LogP contribution in [0.3, 0.4) is 0 Å². The summed E-state index contributed by atoms with van der Waals surface area (Å²) in [5.41, 5.74) is 3.66. The van der Waals surface area contributed by atoms with Crippen LogP contribution in [0.15, 0.2) is 29.0 Å². The molecule has 6 N–H and O–H groups in total. The molecule has 8 nitrogen and oxygen atoms in total. The van der Waals surface area contributed by atoms with Crippen LogP contribution >= 0.6 is 0 Å². The summed E-state index contributed by atoms with van der Waals surface area (Å²) in [5, 5.41) is 43.3. The van der Waals surface area contributed by atoms with Crippen LogP contribution in [0, 0.1) is 11.8 Å². The van der Waals surface area contributed by atoms with Crippen molar-refractivity contribution >= 4 is 23.2 Å². The van der Waals surface area contributed by atoms with Gasteiger partial charge in [-0.15, -0.1) is 0 Å². The van der Waals surface area contributed by atoms with Gasteiger partial charge in [0.2, 0.25) is 5.78 Å². The standard InChI is InChI=1S/C24H27NO7/c1-2-3-4-5-11-6-7-15(26)18-14(11)9-12-8-13-10-16(27)19(23(25)31)22(30)24(13,32)21(29)17(12)20(18)28/h6-7,12-13,26,28,30,32H,2-5,8-10H2,1H3,(H2,25,31)/t12-,13+,24+/m1/s1. The summed E-state index contributed by atoms with van der Waals surface area (Å²) in [6, 6.07) is 3.30. The maximum absolute atomic E-state index is 13.4. The highest BCUT2D eigenvalue weighted by atomic mass is 16.3. The van der Waals surface area contributed by atoms with Crippen molar-refractivity contribution in [1.82, 2.24) is 0 Å². The molecule has 3 aliphatic rings. The molecule has 3 atom stereocenters. The molecule has 4 rings (SSSR count). The first-order valence-electron chi connectivity index (χ1n) is 10.9. The Bertz CT molecular complexity index is 1100. The van der Waals surface area contributed by atoms with Crippen LogP contribution in [0.4, 0.5) is 0 Å². The minimum absolute atomic E-state index is 0.109. The lowest BCUT2D eigenvalue weighted by atomic mass is 9.59. The molecule has 1 aromatic rings. The number of aliphatic hydroxyl groups excluding tert-OH is 2. The van der Waals surface area contributed by atoms with Crippen molar-refractivity contribution in [2.45, 2.75) is 57.5 Å². The van der Waals surface area contributed by atoms with E-state index in [2.05, 4.69) is 6.92 Å². The zero-order valence-electron chi connectivity index (χ0n) is 17.9. The largest absolute Gasteiger partial charge is 0.508 e. The fourth-order valence-corrected chi connectivity index (χ4v) is 5.49. The lowest BCUT2D eigenvalue weighted by Crippen LogP contribution is -2.58. The Morgan fingerprint density at radius 1 is 1.16 bits per heavy atom. The highest BCUT2D eigenvalue weighted by molar-refractivity contribution is 6.22. The Balaban J connectivity index is 1.85. The highest BCUT2D eigenvalue weighted by Gasteiger charge is 2.60. The second kappa shape index (κ2) is 7.78. The van der Waals surface area contributed by atoms with Crippen LogP contribution in [0.5, 0.6) is 5.75 Å². The number of benzene rings is 1. The number of carbonyl (C=O) groups excluding carboxylic acids is 3. The van der Waals surface area contributed by atoms with Crippen LogP contribution in [0.25, 0.3) is 5.76 Å². The molecule has 8 heteroatoms. The lowest BCUT2D eigenvalue weighted by molar-refractivity contribution is -0.147. The number of ketones is 2. The normalized spacial score (nSPS) is 27.2. The molecule has 0 aliphatic heterocycles. The third-order valence-corrected chi connectivity index (χ3v) is 7.09. The molecular formula is C24H27NO7. The van der Waals surface area contributed by atoms with Gasteiger partial charge in [-0.3, -0.25) is 14.4 Å². The van der Waals surface area contributed by atoms with E-state index in [0.29, 0.717) is 6.42 Å². The van der Waals surface area contributed by atoms with Crippen molar-refractivity contribution in [3.8, 4) is 5.75 Å². The molecule has 0 radical (unpaired) electrons. The Labute approximate surface area is 185 Å². The number of unbranched alkanes of at least 4 members (excludes halogenated alkanes) is 2. The van der Waals surface area contributed by atoms with Crippen molar-refractivity contribution in [3.05, 3.63) is 45.7 Å². The molecule has 32 heavy (non-hydrogen) atoms. The number of primary amides is 1.